The molecule has 2 atom stereocenters. The van der Waals surface area contributed by atoms with E-state index in [0.717, 1.165) is 22.0 Å². The van der Waals surface area contributed by atoms with Crippen molar-refractivity contribution in [2.45, 2.75) is 51.7 Å². The average Bonchev–Trinajstić information content (AvgIpc) is 3.22. The normalized spacial score (nSPS) is 13.2. The van der Waals surface area contributed by atoms with Gasteiger partial charge in [-0.05, 0) is 51.5 Å². The van der Waals surface area contributed by atoms with Gasteiger partial charge in [0, 0.05) is 40.2 Å². The first-order valence-corrected chi connectivity index (χ1v) is 11.5. The highest BCUT2D eigenvalue weighted by Gasteiger charge is 2.33. The smallest absolute Gasteiger partial charge is 0.323 e. The van der Waals surface area contributed by atoms with E-state index in [0.29, 0.717) is 23.5 Å². The third-order valence-electron chi connectivity index (χ3n) is 5.83. The van der Waals surface area contributed by atoms with Crippen LogP contribution in [0.5, 0.6) is 11.5 Å². The lowest BCUT2D eigenvalue weighted by Gasteiger charge is -2.29. The summed E-state index contributed by atoms with van der Waals surface area (Å²) in [6.45, 7) is 7.58. The largest absolute Gasteiger partial charge is 0.496 e. The highest BCUT2D eigenvalue weighted by Crippen LogP contribution is 2.35. The lowest BCUT2D eigenvalue weighted by atomic mass is 9.97. The van der Waals surface area contributed by atoms with Crippen molar-refractivity contribution in [2.24, 2.45) is 0 Å². The van der Waals surface area contributed by atoms with Crippen molar-refractivity contribution in [3.8, 4) is 11.5 Å². The molecule has 0 spiro atoms. The molecule has 0 unspecified atom stereocenters. The number of rotatable bonds is 9. The molecule has 8 nitrogen and oxygen atoms in total. The number of hydrogen-bond acceptors (Lipinski definition) is 6. The maximum absolute atomic E-state index is 13.5. The summed E-state index contributed by atoms with van der Waals surface area (Å²) in [7, 11) is 4.47. The second kappa shape index (κ2) is 10.8. The number of aromatic nitrogens is 1. The van der Waals surface area contributed by atoms with Crippen LogP contribution in [0.2, 0.25) is 0 Å². The Hall–Kier alpha value is -3.52. The van der Waals surface area contributed by atoms with E-state index in [-0.39, 0.29) is 5.91 Å². The Bertz CT molecular complexity index is 1200. The molecule has 1 amide bonds. The minimum absolute atomic E-state index is 0.284. The molecule has 1 aromatic heterocycles. The molecule has 8 heteroatoms. The summed E-state index contributed by atoms with van der Waals surface area (Å²) >= 11 is 0. The SMILES string of the molecule is COC(=O)[C@H](Cc1c[nH]c2ccccc12)N[C@H](C(=O)NC(C)(C)C)c1ccc(OC)c(C)c1OC. The van der Waals surface area contributed by atoms with E-state index in [9.17, 15) is 9.59 Å². The van der Waals surface area contributed by atoms with Gasteiger partial charge in [0.2, 0.25) is 5.91 Å². The van der Waals surface area contributed by atoms with Gasteiger partial charge in [-0.25, -0.2) is 0 Å². The van der Waals surface area contributed by atoms with E-state index >= 15 is 0 Å². The summed E-state index contributed by atoms with van der Waals surface area (Å²) in [6.07, 6.45) is 2.21. The Morgan fingerprint density at radius 3 is 2.37 bits per heavy atom. The second-order valence-corrected chi connectivity index (χ2v) is 9.49. The number of carbonyl (C=O) groups excluding carboxylic acids is 2. The summed E-state index contributed by atoms with van der Waals surface area (Å²) in [6, 6.07) is 9.77. The van der Waals surface area contributed by atoms with Gasteiger partial charge in [-0.1, -0.05) is 18.2 Å². The molecule has 0 radical (unpaired) electrons. The van der Waals surface area contributed by atoms with Gasteiger partial charge < -0.3 is 24.5 Å². The highest BCUT2D eigenvalue weighted by atomic mass is 16.5. The van der Waals surface area contributed by atoms with Gasteiger partial charge in [0.05, 0.1) is 21.3 Å². The summed E-state index contributed by atoms with van der Waals surface area (Å²) in [5.74, 6) is 0.409. The molecule has 0 saturated carbocycles. The minimum atomic E-state index is -0.886. The zero-order chi connectivity index (χ0) is 25.8. The van der Waals surface area contributed by atoms with Crippen molar-refractivity contribution in [1.82, 2.24) is 15.6 Å². The van der Waals surface area contributed by atoms with E-state index in [4.69, 9.17) is 14.2 Å². The number of hydrogen-bond donors (Lipinski definition) is 3. The first-order chi connectivity index (χ1) is 16.6. The molecular formula is C27H35N3O5. The first kappa shape index (κ1) is 26.1. The van der Waals surface area contributed by atoms with Gasteiger partial charge in [0.1, 0.15) is 23.6 Å². The lowest BCUT2D eigenvalue weighted by molar-refractivity contribution is -0.143. The van der Waals surface area contributed by atoms with Crippen LogP contribution in [0.3, 0.4) is 0 Å². The van der Waals surface area contributed by atoms with Gasteiger partial charge in [0.15, 0.2) is 0 Å². The summed E-state index contributed by atoms with van der Waals surface area (Å²) in [4.78, 5) is 29.7. The summed E-state index contributed by atoms with van der Waals surface area (Å²) < 4.78 is 16.2. The topological polar surface area (TPSA) is 102 Å². The third kappa shape index (κ3) is 5.95. The summed E-state index contributed by atoms with van der Waals surface area (Å²) in [5, 5.41) is 7.30. The fourth-order valence-corrected chi connectivity index (χ4v) is 4.24. The van der Waals surface area contributed by atoms with E-state index in [1.807, 2.05) is 58.2 Å². The Labute approximate surface area is 206 Å². The molecule has 0 bridgehead atoms. The van der Waals surface area contributed by atoms with Crippen LogP contribution in [0.1, 0.15) is 43.5 Å². The number of para-hydroxylation sites is 1. The number of ether oxygens (including phenoxy) is 3. The van der Waals surface area contributed by atoms with Crippen molar-refractivity contribution in [3.05, 3.63) is 59.3 Å². The van der Waals surface area contributed by atoms with Crippen LogP contribution in [0.25, 0.3) is 10.9 Å². The molecule has 3 rings (SSSR count). The van der Waals surface area contributed by atoms with Crippen LogP contribution in [0.15, 0.2) is 42.6 Å². The Balaban J connectivity index is 2.05. The third-order valence-corrected chi connectivity index (χ3v) is 5.83. The van der Waals surface area contributed by atoms with Gasteiger partial charge >= 0.3 is 5.97 Å². The van der Waals surface area contributed by atoms with Crippen molar-refractivity contribution in [1.29, 1.82) is 0 Å². The van der Waals surface area contributed by atoms with E-state index in [1.165, 1.54) is 7.11 Å². The maximum Gasteiger partial charge on any atom is 0.323 e. The standard InChI is InChI=1S/C27H35N3O5/c1-16-22(33-5)13-12-19(24(16)34-6)23(25(31)30-27(2,3)4)29-21(26(32)35-7)14-17-15-28-20-11-9-8-10-18(17)20/h8-13,15,21,23,28-29H,14H2,1-7H3,(H,30,31)/t21-,23-/m0/s1. The van der Waals surface area contributed by atoms with Crippen LogP contribution in [0.4, 0.5) is 0 Å². The quantitative estimate of drug-likeness (QED) is 0.402. The molecule has 35 heavy (non-hydrogen) atoms. The number of carbonyl (C=O) groups is 2. The molecule has 3 N–H and O–H groups in total. The molecule has 0 fully saturated rings. The number of nitrogens with one attached hydrogen (secondary N) is 3. The molecule has 3 aromatic rings. The van der Waals surface area contributed by atoms with Crippen LogP contribution in [0, 0.1) is 6.92 Å². The van der Waals surface area contributed by atoms with E-state index < -0.39 is 23.6 Å². The van der Waals surface area contributed by atoms with Crippen LogP contribution < -0.4 is 20.1 Å². The monoisotopic (exact) mass is 481 g/mol. The van der Waals surface area contributed by atoms with Crippen molar-refractivity contribution < 1.29 is 23.8 Å². The second-order valence-electron chi connectivity index (χ2n) is 9.49. The van der Waals surface area contributed by atoms with Crippen molar-refractivity contribution >= 4 is 22.8 Å². The van der Waals surface area contributed by atoms with Crippen LogP contribution in [-0.2, 0) is 20.7 Å². The molecule has 0 aliphatic carbocycles. The number of H-pyrrole nitrogens is 1. The fourth-order valence-electron chi connectivity index (χ4n) is 4.24. The number of fused-ring (bicyclic) bond motifs is 1. The number of amides is 1. The Morgan fingerprint density at radius 1 is 1.03 bits per heavy atom. The number of aromatic amines is 1. The number of esters is 1. The maximum atomic E-state index is 13.5. The molecule has 0 aliphatic heterocycles. The Kier molecular flexibility index (Phi) is 8.07. The summed E-state index contributed by atoms with van der Waals surface area (Å²) in [5.41, 5.74) is 2.79. The van der Waals surface area contributed by atoms with E-state index in [1.54, 1.807) is 26.4 Å². The van der Waals surface area contributed by atoms with Gasteiger partial charge in [-0.2, -0.15) is 0 Å². The fraction of sp³-hybridized carbons (Fsp3) is 0.407. The van der Waals surface area contributed by atoms with Gasteiger partial charge in [0.25, 0.3) is 0 Å². The number of benzene rings is 2. The van der Waals surface area contributed by atoms with E-state index in [2.05, 4.69) is 15.6 Å². The minimum Gasteiger partial charge on any atom is -0.496 e. The lowest BCUT2D eigenvalue weighted by Crippen LogP contribution is -2.51. The van der Waals surface area contributed by atoms with Crippen LogP contribution >= 0.6 is 0 Å². The molecule has 2 aromatic carbocycles. The Morgan fingerprint density at radius 2 is 1.74 bits per heavy atom. The van der Waals surface area contributed by atoms with Crippen LogP contribution in [-0.4, -0.2) is 49.8 Å². The average molecular weight is 482 g/mol. The van der Waals surface area contributed by atoms with Crippen molar-refractivity contribution in [3.63, 3.8) is 0 Å². The van der Waals surface area contributed by atoms with Crippen molar-refractivity contribution in [2.75, 3.05) is 21.3 Å². The van der Waals surface area contributed by atoms with Gasteiger partial charge in [-0.15, -0.1) is 0 Å². The van der Waals surface area contributed by atoms with Gasteiger partial charge in [-0.3, -0.25) is 14.9 Å². The molecule has 0 saturated heterocycles. The zero-order valence-electron chi connectivity index (χ0n) is 21.4. The first-order valence-electron chi connectivity index (χ1n) is 11.5. The predicted octanol–water partition coefficient (Wildman–Crippen LogP) is 3.82. The predicted molar refractivity (Wildman–Crippen MR) is 136 cm³/mol. The molecular weight excluding hydrogens is 446 g/mol. The molecule has 188 valence electrons. The number of methoxy groups -OCH3 is 3. The zero-order valence-corrected chi connectivity index (χ0v) is 21.4. The highest BCUT2D eigenvalue weighted by molar-refractivity contribution is 5.87. The molecule has 0 aliphatic rings. The molecule has 1 heterocycles.